The molecule has 0 saturated carbocycles. The highest BCUT2D eigenvalue weighted by atomic mass is 16.6. The number of aromatic nitrogens is 1. The summed E-state index contributed by atoms with van der Waals surface area (Å²) in [6.07, 6.45) is 3.76. The summed E-state index contributed by atoms with van der Waals surface area (Å²) in [7, 11) is 0. The van der Waals surface area contributed by atoms with Crippen LogP contribution < -0.4 is 10.1 Å². The van der Waals surface area contributed by atoms with Gasteiger partial charge in [0.05, 0.1) is 0 Å². The normalized spacial score (nSPS) is 17.4. The molecule has 2 N–H and O–H groups in total. The van der Waals surface area contributed by atoms with E-state index in [0.717, 1.165) is 22.3 Å². The number of hydrogen-bond acceptors (Lipinski definition) is 5. The van der Waals surface area contributed by atoms with Gasteiger partial charge in [-0.15, -0.1) is 0 Å². The number of nitrogens with one attached hydrogen (secondary N) is 1. The number of alkyl carbamates (subject to hydrolysis) is 1. The summed E-state index contributed by atoms with van der Waals surface area (Å²) in [6.45, 7) is 5.22. The molecule has 1 atom stereocenters. The van der Waals surface area contributed by atoms with Gasteiger partial charge in [-0.1, -0.05) is 24.3 Å². The third-order valence-corrected chi connectivity index (χ3v) is 5.73. The first-order chi connectivity index (χ1) is 16.1. The lowest BCUT2D eigenvalue weighted by Gasteiger charge is -2.35. The van der Waals surface area contributed by atoms with Crippen molar-refractivity contribution in [2.45, 2.75) is 51.2 Å². The van der Waals surface area contributed by atoms with Crippen molar-refractivity contribution in [2.75, 3.05) is 0 Å². The summed E-state index contributed by atoms with van der Waals surface area (Å²) in [6, 6.07) is 17.3. The average Bonchev–Trinajstić information content (AvgIpc) is 2.79. The van der Waals surface area contributed by atoms with Crippen LogP contribution in [0.5, 0.6) is 11.5 Å². The summed E-state index contributed by atoms with van der Waals surface area (Å²) < 4.78 is 11.3. The molecule has 1 heterocycles. The second-order valence-corrected chi connectivity index (χ2v) is 9.49. The zero-order valence-electron chi connectivity index (χ0n) is 19.5. The van der Waals surface area contributed by atoms with Crippen molar-refractivity contribution in [1.82, 2.24) is 10.3 Å². The van der Waals surface area contributed by atoms with Crippen LogP contribution in [-0.2, 0) is 22.4 Å². The highest BCUT2D eigenvalue weighted by Gasteiger charge is 2.44. The summed E-state index contributed by atoms with van der Waals surface area (Å²) in [5.74, 6) is 0.309. The van der Waals surface area contributed by atoms with Gasteiger partial charge >= 0.3 is 12.1 Å². The van der Waals surface area contributed by atoms with Crippen LogP contribution >= 0.6 is 0 Å². The Labute approximate surface area is 198 Å². The van der Waals surface area contributed by atoms with Gasteiger partial charge in [0.1, 0.15) is 22.6 Å². The first-order valence-electron chi connectivity index (χ1n) is 11.2. The molecule has 1 aliphatic carbocycles. The van der Waals surface area contributed by atoms with E-state index < -0.39 is 23.2 Å². The minimum absolute atomic E-state index is 0.178. The molecule has 1 aromatic heterocycles. The molecule has 1 aliphatic rings. The van der Waals surface area contributed by atoms with E-state index in [1.165, 1.54) is 0 Å². The van der Waals surface area contributed by atoms with Crippen molar-refractivity contribution in [2.24, 2.45) is 0 Å². The quantitative estimate of drug-likeness (QED) is 0.531. The number of aliphatic carboxylic acids is 1. The zero-order chi connectivity index (χ0) is 24.3. The van der Waals surface area contributed by atoms with Crippen LogP contribution in [0.2, 0.25) is 0 Å². The highest BCUT2D eigenvalue weighted by molar-refractivity contribution is 5.85. The van der Waals surface area contributed by atoms with E-state index >= 15 is 0 Å². The van der Waals surface area contributed by atoms with Crippen LogP contribution in [0, 0.1) is 0 Å². The average molecular weight is 461 g/mol. The van der Waals surface area contributed by atoms with E-state index in [1.807, 2.05) is 60.8 Å². The third kappa shape index (κ3) is 5.36. The fourth-order valence-corrected chi connectivity index (χ4v) is 4.06. The predicted molar refractivity (Wildman–Crippen MR) is 128 cm³/mol. The third-order valence-electron chi connectivity index (χ3n) is 5.73. The molecule has 176 valence electrons. The van der Waals surface area contributed by atoms with Gasteiger partial charge < -0.3 is 19.9 Å². The van der Waals surface area contributed by atoms with Gasteiger partial charge in [0.2, 0.25) is 0 Å². The van der Waals surface area contributed by atoms with Gasteiger partial charge in [-0.05, 0) is 86.2 Å². The van der Waals surface area contributed by atoms with Crippen molar-refractivity contribution < 1.29 is 24.2 Å². The SMILES string of the molecule is CC(C)(C)OC(=O)NC1(C(=O)O)CCc2cc(Oc3ccc(-c4cccnc4)cc3)ccc2C1. The van der Waals surface area contributed by atoms with Crippen LogP contribution in [0.1, 0.15) is 38.3 Å². The first kappa shape index (κ1) is 23.3. The topological polar surface area (TPSA) is 97.8 Å². The van der Waals surface area contributed by atoms with Gasteiger partial charge in [-0.3, -0.25) is 4.98 Å². The van der Waals surface area contributed by atoms with Gasteiger partial charge in [-0.25, -0.2) is 9.59 Å². The number of aryl methyl sites for hydroxylation is 1. The number of amides is 1. The van der Waals surface area contributed by atoms with Crippen molar-refractivity contribution in [3.8, 4) is 22.6 Å². The van der Waals surface area contributed by atoms with E-state index in [4.69, 9.17) is 9.47 Å². The molecule has 0 aliphatic heterocycles. The van der Waals surface area contributed by atoms with Crippen LogP contribution in [0.4, 0.5) is 4.79 Å². The highest BCUT2D eigenvalue weighted by Crippen LogP contribution is 2.33. The maximum atomic E-state index is 12.3. The Morgan fingerprint density at radius 3 is 2.38 bits per heavy atom. The molecule has 1 amide bonds. The van der Waals surface area contributed by atoms with Crippen LogP contribution in [-0.4, -0.2) is 33.3 Å². The van der Waals surface area contributed by atoms with Crippen LogP contribution in [0.3, 0.4) is 0 Å². The van der Waals surface area contributed by atoms with E-state index in [1.54, 1.807) is 27.0 Å². The number of pyridine rings is 1. The maximum absolute atomic E-state index is 12.3. The number of carbonyl (C=O) groups excluding carboxylic acids is 1. The first-order valence-corrected chi connectivity index (χ1v) is 11.2. The zero-order valence-corrected chi connectivity index (χ0v) is 19.5. The van der Waals surface area contributed by atoms with Gasteiger partial charge in [0, 0.05) is 18.8 Å². The molecular formula is C27H28N2O5. The maximum Gasteiger partial charge on any atom is 0.408 e. The van der Waals surface area contributed by atoms with Gasteiger partial charge in [0.15, 0.2) is 0 Å². The van der Waals surface area contributed by atoms with Crippen molar-refractivity contribution in [1.29, 1.82) is 0 Å². The molecule has 0 bridgehead atoms. The summed E-state index contributed by atoms with van der Waals surface area (Å²) >= 11 is 0. The van der Waals surface area contributed by atoms with E-state index in [2.05, 4.69) is 10.3 Å². The minimum Gasteiger partial charge on any atom is -0.479 e. The van der Waals surface area contributed by atoms with Crippen molar-refractivity contribution >= 4 is 12.1 Å². The molecule has 0 spiro atoms. The molecular weight excluding hydrogens is 432 g/mol. The molecule has 0 fully saturated rings. The Hall–Kier alpha value is -3.87. The largest absolute Gasteiger partial charge is 0.479 e. The number of carbonyl (C=O) groups is 2. The van der Waals surface area contributed by atoms with Crippen LogP contribution in [0.25, 0.3) is 11.1 Å². The number of carboxylic acids is 1. The van der Waals surface area contributed by atoms with E-state index in [9.17, 15) is 14.7 Å². The molecule has 1 unspecified atom stereocenters. The molecule has 3 aromatic rings. The summed E-state index contributed by atoms with van der Waals surface area (Å²) in [4.78, 5) is 28.6. The number of carboxylic acid groups (broad SMARTS) is 1. The Kier molecular flexibility index (Phi) is 6.28. The molecule has 7 heteroatoms. The monoisotopic (exact) mass is 460 g/mol. The molecule has 34 heavy (non-hydrogen) atoms. The van der Waals surface area contributed by atoms with Crippen molar-refractivity contribution in [3.05, 3.63) is 78.1 Å². The number of nitrogens with zero attached hydrogens (tertiary/aromatic N) is 1. The van der Waals surface area contributed by atoms with Crippen LogP contribution in [0.15, 0.2) is 67.0 Å². The molecule has 0 saturated heterocycles. The second-order valence-electron chi connectivity index (χ2n) is 9.49. The fraction of sp³-hybridized carbons (Fsp3) is 0.296. The molecule has 7 nitrogen and oxygen atoms in total. The van der Waals surface area contributed by atoms with Gasteiger partial charge in [-0.2, -0.15) is 0 Å². The molecule has 2 aromatic carbocycles. The Morgan fingerprint density at radius 1 is 1.00 bits per heavy atom. The number of fused-ring (bicyclic) bond motifs is 1. The molecule has 0 radical (unpaired) electrons. The lowest BCUT2D eigenvalue weighted by atomic mass is 9.78. The second kappa shape index (κ2) is 9.17. The number of hydrogen-bond donors (Lipinski definition) is 2. The van der Waals surface area contributed by atoms with E-state index in [-0.39, 0.29) is 12.8 Å². The number of benzene rings is 2. The fourth-order valence-electron chi connectivity index (χ4n) is 4.06. The number of rotatable bonds is 5. The lowest BCUT2D eigenvalue weighted by Crippen LogP contribution is -2.58. The summed E-state index contributed by atoms with van der Waals surface area (Å²) in [5, 5.41) is 12.5. The van der Waals surface area contributed by atoms with Gasteiger partial charge in [0.25, 0.3) is 0 Å². The van der Waals surface area contributed by atoms with Crippen molar-refractivity contribution in [3.63, 3.8) is 0 Å². The Morgan fingerprint density at radius 2 is 1.74 bits per heavy atom. The smallest absolute Gasteiger partial charge is 0.408 e. The summed E-state index contributed by atoms with van der Waals surface area (Å²) in [5.41, 5.74) is 1.84. The lowest BCUT2D eigenvalue weighted by molar-refractivity contribution is -0.145. The standard InChI is InChI=1S/C27H28N2O5/c1-26(2,3)34-25(32)29-27(24(30)31)13-12-19-15-23(11-8-20(19)16-27)33-22-9-6-18(7-10-22)21-5-4-14-28-17-21/h4-11,14-15,17H,12-13,16H2,1-3H3,(H,29,32)(H,30,31). The molecule has 4 rings (SSSR count). The minimum atomic E-state index is -1.40. The number of ether oxygens (including phenoxy) is 2. The van der Waals surface area contributed by atoms with E-state index in [0.29, 0.717) is 17.9 Å². The predicted octanol–water partition coefficient (Wildman–Crippen LogP) is 5.38. The Balaban J connectivity index is 1.47. The Bertz CT molecular complexity index is 1190.